The molecule has 2 aliphatic rings. The minimum absolute atomic E-state index is 0.833. The second-order valence-electron chi connectivity index (χ2n) is 5.89. The SMILES string of the molecule is C1=CN(c2cnn3ccc(CN4CCNCC4)cc23)CNC1. The summed E-state index contributed by atoms with van der Waals surface area (Å²) in [5.41, 5.74) is 3.68. The van der Waals surface area contributed by atoms with E-state index in [1.807, 2.05) is 10.7 Å². The van der Waals surface area contributed by atoms with Gasteiger partial charge in [0.15, 0.2) is 0 Å². The van der Waals surface area contributed by atoms with E-state index in [-0.39, 0.29) is 0 Å². The van der Waals surface area contributed by atoms with Crippen molar-refractivity contribution in [3.05, 3.63) is 42.4 Å². The van der Waals surface area contributed by atoms with Crippen molar-refractivity contribution in [3.8, 4) is 0 Å². The van der Waals surface area contributed by atoms with Crippen molar-refractivity contribution in [2.75, 3.05) is 44.3 Å². The Hall–Kier alpha value is -1.89. The summed E-state index contributed by atoms with van der Waals surface area (Å²) >= 11 is 0. The highest BCUT2D eigenvalue weighted by Gasteiger charge is 2.14. The normalized spacial score (nSPS) is 19.9. The fourth-order valence-corrected chi connectivity index (χ4v) is 3.13. The summed E-state index contributed by atoms with van der Waals surface area (Å²) in [6.07, 6.45) is 8.28. The van der Waals surface area contributed by atoms with E-state index in [1.165, 1.54) is 11.1 Å². The van der Waals surface area contributed by atoms with Gasteiger partial charge >= 0.3 is 0 Å². The van der Waals surface area contributed by atoms with E-state index in [1.54, 1.807) is 0 Å². The van der Waals surface area contributed by atoms with Crippen molar-refractivity contribution in [3.63, 3.8) is 0 Å². The van der Waals surface area contributed by atoms with Crippen molar-refractivity contribution in [1.82, 2.24) is 25.1 Å². The van der Waals surface area contributed by atoms with Crippen LogP contribution < -0.4 is 15.5 Å². The summed E-state index contributed by atoms with van der Waals surface area (Å²) in [5.74, 6) is 0. The molecule has 0 aliphatic carbocycles. The van der Waals surface area contributed by atoms with Crippen molar-refractivity contribution in [2.24, 2.45) is 0 Å². The summed E-state index contributed by atoms with van der Waals surface area (Å²) in [6.45, 7) is 7.20. The van der Waals surface area contributed by atoms with Crippen molar-refractivity contribution in [1.29, 1.82) is 0 Å². The molecule has 1 fully saturated rings. The number of nitrogens with one attached hydrogen (secondary N) is 2. The molecule has 1 saturated heterocycles. The van der Waals surface area contributed by atoms with Crippen LogP contribution in [0, 0.1) is 0 Å². The fraction of sp³-hybridized carbons (Fsp3) is 0.438. The topological polar surface area (TPSA) is 47.8 Å². The second kappa shape index (κ2) is 6.08. The molecule has 0 unspecified atom stereocenters. The van der Waals surface area contributed by atoms with Gasteiger partial charge in [-0.05, 0) is 17.7 Å². The van der Waals surface area contributed by atoms with E-state index >= 15 is 0 Å². The zero-order chi connectivity index (χ0) is 14.8. The van der Waals surface area contributed by atoms with Gasteiger partial charge in [-0.15, -0.1) is 0 Å². The Balaban J connectivity index is 1.61. The summed E-state index contributed by atoms with van der Waals surface area (Å²) < 4.78 is 1.96. The van der Waals surface area contributed by atoms with Gasteiger partial charge in [-0.3, -0.25) is 10.2 Å². The standard InChI is InChI=1S/C16H22N6/c1-3-18-13-21(6-1)16-11-19-22-7-2-14(10-15(16)22)12-20-8-4-17-5-9-20/h1-2,6-7,10-11,17-18H,3-5,8-9,12-13H2. The maximum Gasteiger partial charge on any atom is 0.0902 e. The maximum absolute atomic E-state index is 4.47. The van der Waals surface area contributed by atoms with Crippen LogP contribution in [0.4, 0.5) is 5.69 Å². The van der Waals surface area contributed by atoms with Crippen LogP contribution in [0.15, 0.2) is 36.8 Å². The van der Waals surface area contributed by atoms with Gasteiger partial charge in [0.05, 0.1) is 24.1 Å². The monoisotopic (exact) mass is 298 g/mol. The number of aromatic nitrogens is 2. The molecule has 4 heterocycles. The Morgan fingerprint density at radius 1 is 1.18 bits per heavy atom. The third kappa shape index (κ3) is 2.72. The number of anilines is 1. The van der Waals surface area contributed by atoms with E-state index in [2.05, 4.69) is 56.1 Å². The Labute approximate surface area is 130 Å². The molecule has 116 valence electrons. The molecule has 6 heteroatoms. The van der Waals surface area contributed by atoms with Crippen LogP contribution in [0.2, 0.25) is 0 Å². The van der Waals surface area contributed by atoms with E-state index in [0.29, 0.717) is 0 Å². The van der Waals surface area contributed by atoms with Gasteiger partial charge in [-0.2, -0.15) is 5.10 Å². The highest BCUT2D eigenvalue weighted by Crippen LogP contribution is 2.23. The lowest BCUT2D eigenvalue weighted by atomic mass is 10.2. The van der Waals surface area contributed by atoms with Crippen LogP contribution in [0.1, 0.15) is 5.56 Å². The molecule has 0 saturated carbocycles. The first-order valence-electron chi connectivity index (χ1n) is 7.93. The lowest BCUT2D eigenvalue weighted by molar-refractivity contribution is 0.233. The molecule has 0 bridgehead atoms. The van der Waals surface area contributed by atoms with Crippen LogP contribution in [-0.4, -0.2) is 53.9 Å². The first-order valence-corrected chi connectivity index (χ1v) is 7.93. The average Bonchev–Trinajstić information content (AvgIpc) is 3.00. The van der Waals surface area contributed by atoms with E-state index in [9.17, 15) is 0 Å². The Morgan fingerprint density at radius 2 is 2.09 bits per heavy atom. The van der Waals surface area contributed by atoms with Crippen molar-refractivity contribution < 1.29 is 0 Å². The molecule has 0 aromatic carbocycles. The van der Waals surface area contributed by atoms with Crippen molar-refractivity contribution >= 4 is 11.2 Å². The number of nitrogens with zero attached hydrogens (tertiary/aromatic N) is 4. The average molecular weight is 298 g/mol. The third-order valence-corrected chi connectivity index (χ3v) is 4.32. The maximum atomic E-state index is 4.47. The fourth-order valence-electron chi connectivity index (χ4n) is 3.13. The number of hydrogen-bond acceptors (Lipinski definition) is 5. The predicted octanol–water partition coefficient (Wildman–Crippen LogP) is 0.620. The zero-order valence-corrected chi connectivity index (χ0v) is 12.7. The number of rotatable bonds is 3. The van der Waals surface area contributed by atoms with E-state index in [0.717, 1.165) is 51.6 Å². The van der Waals surface area contributed by atoms with E-state index < -0.39 is 0 Å². The van der Waals surface area contributed by atoms with Gasteiger partial charge in [0.25, 0.3) is 0 Å². The Morgan fingerprint density at radius 3 is 2.91 bits per heavy atom. The zero-order valence-electron chi connectivity index (χ0n) is 12.7. The molecule has 22 heavy (non-hydrogen) atoms. The molecule has 6 nitrogen and oxygen atoms in total. The molecule has 4 rings (SSSR count). The molecular formula is C16H22N6. The largest absolute Gasteiger partial charge is 0.332 e. The summed E-state index contributed by atoms with van der Waals surface area (Å²) in [7, 11) is 0. The van der Waals surface area contributed by atoms with E-state index in [4.69, 9.17) is 0 Å². The summed E-state index contributed by atoms with van der Waals surface area (Å²) in [4.78, 5) is 4.71. The minimum atomic E-state index is 0.833. The quantitative estimate of drug-likeness (QED) is 0.870. The Kier molecular flexibility index (Phi) is 3.80. The molecule has 0 spiro atoms. The predicted molar refractivity (Wildman–Crippen MR) is 87.8 cm³/mol. The third-order valence-electron chi connectivity index (χ3n) is 4.32. The van der Waals surface area contributed by atoms with Gasteiger partial charge in [-0.1, -0.05) is 6.08 Å². The summed E-state index contributed by atoms with van der Waals surface area (Å²) in [5, 5.41) is 11.2. The first kappa shape index (κ1) is 13.8. The molecule has 2 N–H and O–H groups in total. The van der Waals surface area contributed by atoms with Gasteiger partial charge in [0.1, 0.15) is 0 Å². The highest BCUT2D eigenvalue weighted by molar-refractivity contribution is 5.74. The molecule has 2 aliphatic heterocycles. The van der Waals surface area contributed by atoms with Gasteiger partial charge < -0.3 is 10.2 Å². The van der Waals surface area contributed by atoms with Crippen LogP contribution in [0.25, 0.3) is 5.52 Å². The number of pyridine rings is 1. The second-order valence-corrected chi connectivity index (χ2v) is 5.89. The smallest absolute Gasteiger partial charge is 0.0902 e. The number of piperazine rings is 1. The molecule has 0 radical (unpaired) electrons. The molecule has 0 amide bonds. The van der Waals surface area contributed by atoms with Gasteiger partial charge in [-0.25, -0.2) is 4.52 Å². The number of fused-ring (bicyclic) bond motifs is 1. The molecular weight excluding hydrogens is 276 g/mol. The lowest BCUT2D eigenvalue weighted by Crippen LogP contribution is -2.42. The van der Waals surface area contributed by atoms with Crippen LogP contribution >= 0.6 is 0 Å². The molecule has 2 aromatic heterocycles. The highest BCUT2D eigenvalue weighted by atomic mass is 15.3. The van der Waals surface area contributed by atoms with Crippen molar-refractivity contribution in [2.45, 2.75) is 6.54 Å². The van der Waals surface area contributed by atoms with Gasteiger partial charge in [0, 0.05) is 51.7 Å². The van der Waals surface area contributed by atoms with Crippen LogP contribution in [-0.2, 0) is 6.54 Å². The van der Waals surface area contributed by atoms with Crippen LogP contribution in [0.5, 0.6) is 0 Å². The lowest BCUT2D eigenvalue weighted by Gasteiger charge is -2.27. The minimum Gasteiger partial charge on any atom is -0.332 e. The van der Waals surface area contributed by atoms with Crippen LogP contribution in [0.3, 0.4) is 0 Å². The first-order chi connectivity index (χ1) is 10.9. The number of hydrogen-bond donors (Lipinski definition) is 2. The molecule has 2 aromatic rings. The summed E-state index contributed by atoms with van der Waals surface area (Å²) in [6, 6.07) is 4.45. The molecule has 0 atom stereocenters. The Bertz CT molecular complexity index is 670. The van der Waals surface area contributed by atoms with Gasteiger partial charge in [0.2, 0.25) is 0 Å².